The fourth-order valence-electron chi connectivity index (χ4n) is 2.26. The molecule has 2 rings (SSSR count). The van der Waals surface area contributed by atoms with E-state index < -0.39 is 0 Å². The van der Waals surface area contributed by atoms with Crippen molar-refractivity contribution in [2.24, 2.45) is 0 Å². The fourth-order valence-corrected chi connectivity index (χ4v) is 2.65. The summed E-state index contributed by atoms with van der Waals surface area (Å²) in [7, 11) is 0. The van der Waals surface area contributed by atoms with Crippen LogP contribution in [-0.4, -0.2) is 0 Å². The van der Waals surface area contributed by atoms with Crippen LogP contribution in [0.25, 0.3) is 5.57 Å². The van der Waals surface area contributed by atoms with Crippen LogP contribution in [0.2, 0.25) is 0 Å². The average molecular weight is 376 g/mol. The van der Waals surface area contributed by atoms with E-state index in [9.17, 15) is 0 Å². The van der Waals surface area contributed by atoms with E-state index >= 15 is 0 Å². The Morgan fingerprint density at radius 3 is 2.50 bits per heavy atom. The molecule has 2 aromatic carbocycles. The van der Waals surface area contributed by atoms with Gasteiger partial charge >= 0.3 is 0 Å². The topological polar surface area (TPSA) is 0 Å². The van der Waals surface area contributed by atoms with Gasteiger partial charge in [0.1, 0.15) is 0 Å². The monoisotopic (exact) mass is 376 g/mol. The van der Waals surface area contributed by atoms with E-state index in [1.807, 2.05) is 0 Å². The molecule has 0 aliphatic carbocycles. The Hall–Kier alpha value is -1.09. The molecule has 0 N–H and O–H groups in total. The van der Waals surface area contributed by atoms with Crippen LogP contribution in [0.4, 0.5) is 0 Å². The maximum Gasteiger partial charge on any atom is 0.0331 e. The van der Waals surface area contributed by atoms with Crippen molar-refractivity contribution in [3.63, 3.8) is 0 Å². The zero-order valence-corrected chi connectivity index (χ0v) is 14.6. The summed E-state index contributed by atoms with van der Waals surface area (Å²) in [5.74, 6) is 0. The lowest BCUT2D eigenvalue weighted by Crippen LogP contribution is -1.93. The summed E-state index contributed by atoms with van der Waals surface area (Å²) in [4.78, 5) is 0. The van der Waals surface area contributed by atoms with Gasteiger partial charge in [-0.05, 0) is 60.6 Å². The first-order valence-corrected chi connectivity index (χ1v) is 8.20. The Morgan fingerprint density at radius 2 is 1.85 bits per heavy atom. The lowest BCUT2D eigenvalue weighted by molar-refractivity contribution is 1.13. The predicted octanol–water partition coefficient (Wildman–Crippen LogP) is 6.06. The Bertz CT molecular complexity index is 623. The SMILES string of the molecule is C=C(Cc1cccc(C(C)I)c1)c1ccc(C)c(C)c1. The first-order chi connectivity index (χ1) is 9.47. The number of rotatable bonds is 4. The van der Waals surface area contributed by atoms with Gasteiger partial charge in [0.25, 0.3) is 0 Å². The highest BCUT2D eigenvalue weighted by molar-refractivity contribution is 14.1. The summed E-state index contributed by atoms with van der Waals surface area (Å²) >= 11 is 2.46. The molecule has 104 valence electrons. The molecule has 1 unspecified atom stereocenters. The van der Waals surface area contributed by atoms with E-state index in [1.54, 1.807) is 0 Å². The Balaban J connectivity index is 2.19. The third-order valence-electron chi connectivity index (χ3n) is 3.74. The number of alkyl halides is 1. The average Bonchev–Trinajstić information content (AvgIpc) is 2.42. The molecule has 1 heteroatoms. The molecule has 0 aliphatic heterocycles. The second-order valence-corrected chi connectivity index (χ2v) is 7.31. The molecule has 0 radical (unpaired) electrons. The van der Waals surface area contributed by atoms with Gasteiger partial charge in [0.2, 0.25) is 0 Å². The van der Waals surface area contributed by atoms with Crippen molar-refractivity contribution in [3.05, 3.63) is 76.9 Å². The normalized spacial score (nSPS) is 12.2. The van der Waals surface area contributed by atoms with E-state index in [0.717, 1.165) is 6.42 Å². The van der Waals surface area contributed by atoms with Gasteiger partial charge in [0, 0.05) is 3.92 Å². The predicted molar refractivity (Wildman–Crippen MR) is 97.5 cm³/mol. The number of hydrogen-bond donors (Lipinski definition) is 0. The third kappa shape index (κ3) is 3.72. The quantitative estimate of drug-likeness (QED) is 0.450. The summed E-state index contributed by atoms with van der Waals surface area (Å²) in [6, 6.07) is 15.4. The molecule has 1 atom stereocenters. The van der Waals surface area contributed by atoms with Crippen LogP contribution in [0.15, 0.2) is 49.0 Å². The van der Waals surface area contributed by atoms with E-state index in [-0.39, 0.29) is 0 Å². The van der Waals surface area contributed by atoms with Crippen LogP contribution in [-0.2, 0) is 6.42 Å². The highest BCUT2D eigenvalue weighted by atomic mass is 127. The largest absolute Gasteiger partial charge is 0.0949 e. The van der Waals surface area contributed by atoms with Gasteiger partial charge in [-0.1, -0.05) is 71.6 Å². The Labute approximate surface area is 136 Å². The second kappa shape index (κ2) is 6.57. The summed E-state index contributed by atoms with van der Waals surface area (Å²) < 4.78 is 0.544. The van der Waals surface area contributed by atoms with Gasteiger partial charge < -0.3 is 0 Å². The molecule has 0 saturated heterocycles. The number of halogens is 1. The lowest BCUT2D eigenvalue weighted by Gasteiger charge is -2.11. The van der Waals surface area contributed by atoms with Gasteiger partial charge in [0.15, 0.2) is 0 Å². The van der Waals surface area contributed by atoms with Crippen LogP contribution >= 0.6 is 22.6 Å². The van der Waals surface area contributed by atoms with Crippen LogP contribution in [0.5, 0.6) is 0 Å². The minimum atomic E-state index is 0.544. The van der Waals surface area contributed by atoms with Crippen molar-refractivity contribution in [1.29, 1.82) is 0 Å². The molecule has 0 amide bonds. The molecule has 0 bridgehead atoms. The molecule has 0 spiro atoms. The fraction of sp³-hybridized carbons (Fsp3) is 0.263. The van der Waals surface area contributed by atoms with Crippen molar-refractivity contribution in [2.75, 3.05) is 0 Å². The van der Waals surface area contributed by atoms with Crippen molar-refractivity contribution in [2.45, 2.75) is 31.1 Å². The second-order valence-electron chi connectivity index (χ2n) is 5.44. The molecule has 2 aromatic rings. The molecule has 20 heavy (non-hydrogen) atoms. The molecule has 0 aliphatic rings. The highest BCUT2D eigenvalue weighted by Crippen LogP contribution is 2.25. The number of hydrogen-bond acceptors (Lipinski definition) is 0. The van der Waals surface area contributed by atoms with Crippen molar-refractivity contribution < 1.29 is 0 Å². The number of benzene rings is 2. The molecular weight excluding hydrogens is 355 g/mol. The number of aryl methyl sites for hydroxylation is 2. The molecule has 0 nitrogen and oxygen atoms in total. The zero-order chi connectivity index (χ0) is 14.7. The maximum absolute atomic E-state index is 4.26. The van der Waals surface area contributed by atoms with Crippen LogP contribution < -0.4 is 0 Å². The Kier molecular flexibility index (Phi) is 5.03. The van der Waals surface area contributed by atoms with Gasteiger partial charge in [-0.25, -0.2) is 0 Å². The van der Waals surface area contributed by atoms with Gasteiger partial charge in [-0.2, -0.15) is 0 Å². The molecular formula is C19H21I. The third-order valence-corrected chi connectivity index (χ3v) is 4.46. The molecule has 0 fully saturated rings. The van der Waals surface area contributed by atoms with E-state index in [1.165, 1.54) is 33.4 Å². The zero-order valence-electron chi connectivity index (χ0n) is 12.4. The van der Waals surface area contributed by atoms with Gasteiger partial charge in [0.05, 0.1) is 0 Å². The minimum absolute atomic E-state index is 0.544. The summed E-state index contributed by atoms with van der Waals surface area (Å²) in [5, 5.41) is 0. The smallest absolute Gasteiger partial charge is 0.0331 e. The first-order valence-electron chi connectivity index (χ1n) is 6.95. The molecule has 0 aromatic heterocycles. The summed E-state index contributed by atoms with van der Waals surface area (Å²) in [6.07, 6.45) is 0.916. The Morgan fingerprint density at radius 1 is 1.10 bits per heavy atom. The highest BCUT2D eigenvalue weighted by Gasteiger charge is 2.05. The standard InChI is InChI=1S/C19H21I/c1-13-8-9-18(11-14(13)2)15(3)10-17-6-5-7-19(12-17)16(4)20/h5-9,11-12,16H,3,10H2,1-2,4H3. The molecule has 0 heterocycles. The first kappa shape index (κ1) is 15.3. The van der Waals surface area contributed by atoms with Gasteiger partial charge in [-0.3, -0.25) is 0 Å². The minimum Gasteiger partial charge on any atom is -0.0949 e. The number of allylic oxidation sites excluding steroid dienone is 1. The van der Waals surface area contributed by atoms with Crippen molar-refractivity contribution in [1.82, 2.24) is 0 Å². The van der Waals surface area contributed by atoms with Gasteiger partial charge in [-0.15, -0.1) is 0 Å². The van der Waals surface area contributed by atoms with E-state index in [0.29, 0.717) is 3.92 Å². The van der Waals surface area contributed by atoms with E-state index in [4.69, 9.17) is 0 Å². The van der Waals surface area contributed by atoms with Crippen LogP contribution in [0, 0.1) is 13.8 Å². The van der Waals surface area contributed by atoms with Crippen molar-refractivity contribution >= 4 is 28.2 Å². The van der Waals surface area contributed by atoms with Crippen molar-refractivity contribution in [3.8, 4) is 0 Å². The van der Waals surface area contributed by atoms with Crippen LogP contribution in [0.1, 0.15) is 38.7 Å². The lowest BCUT2D eigenvalue weighted by atomic mass is 9.96. The van der Waals surface area contributed by atoms with E-state index in [2.05, 4.69) is 92.4 Å². The maximum atomic E-state index is 4.26. The van der Waals surface area contributed by atoms with Crippen LogP contribution in [0.3, 0.4) is 0 Å². The summed E-state index contributed by atoms with van der Waals surface area (Å²) in [5.41, 5.74) is 7.83. The summed E-state index contributed by atoms with van der Waals surface area (Å²) in [6.45, 7) is 10.8. The molecule has 0 saturated carbocycles.